The molecule has 4 rings (SSSR count). The van der Waals surface area contributed by atoms with Crippen LogP contribution < -0.4 is 10.9 Å². The number of pyridine rings is 2. The molecule has 1 aliphatic rings. The first-order valence-corrected chi connectivity index (χ1v) is 10.5. The van der Waals surface area contributed by atoms with Gasteiger partial charge in [0.2, 0.25) is 0 Å². The predicted octanol–water partition coefficient (Wildman–Crippen LogP) is 2.59. The van der Waals surface area contributed by atoms with E-state index in [1.54, 1.807) is 13.2 Å². The summed E-state index contributed by atoms with van der Waals surface area (Å²) < 4.78 is 0. The second kappa shape index (κ2) is 8.26. The maximum Gasteiger partial charge on any atom is 0.280 e. The van der Waals surface area contributed by atoms with Crippen molar-refractivity contribution in [3.8, 4) is 0 Å². The van der Waals surface area contributed by atoms with E-state index >= 15 is 0 Å². The molecule has 0 unspecified atom stereocenters. The molecule has 0 fully saturated rings. The van der Waals surface area contributed by atoms with Crippen molar-refractivity contribution in [1.82, 2.24) is 25.2 Å². The molecule has 0 atom stereocenters. The van der Waals surface area contributed by atoms with Gasteiger partial charge in [-0.2, -0.15) is 0 Å². The third-order valence-electron chi connectivity index (χ3n) is 5.15. The molecule has 7 nitrogen and oxygen atoms in total. The summed E-state index contributed by atoms with van der Waals surface area (Å²) in [5.41, 5.74) is 4.64. The number of hydrogen-bond donors (Lipinski definition) is 2. The average Bonchev–Trinajstić information content (AvgIpc) is 3.23. The van der Waals surface area contributed by atoms with Crippen molar-refractivity contribution in [1.29, 1.82) is 0 Å². The van der Waals surface area contributed by atoms with Gasteiger partial charge < -0.3 is 10.3 Å². The van der Waals surface area contributed by atoms with Crippen molar-refractivity contribution >= 4 is 33.9 Å². The number of thiazole rings is 1. The summed E-state index contributed by atoms with van der Waals surface area (Å²) in [4.78, 5) is 38.8. The Bertz CT molecular complexity index is 1150. The van der Waals surface area contributed by atoms with E-state index in [2.05, 4.69) is 31.2 Å². The van der Waals surface area contributed by atoms with Crippen molar-refractivity contribution in [3.63, 3.8) is 0 Å². The van der Waals surface area contributed by atoms with Gasteiger partial charge in [0, 0.05) is 44.6 Å². The van der Waals surface area contributed by atoms with E-state index in [0.29, 0.717) is 11.4 Å². The van der Waals surface area contributed by atoms with Gasteiger partial charge in [-0.15, -0.1) is 11.3 Å². The number of nitrogens with zero attached hydrogens (tertiary/aromatic N) is 3. The number of fused-ring (bicyclic) bond motifs is 1. The second-order valence-electron chi connectivity index (χ2n) is 7.08. The zero-order valence-electron chi connectivity index (χ0n) is 16.5. The first-order valence-electron chi connectivity index (χ1n) is 9.68. The van der Waals surface area contributed by atoms with Crippen LogP contribution >= 0.6 is 11.3 Å². The van der Waals surface area contributed by atoms with Crippen LogP contribution in [0, 0.1) is 0 Å². The number of aryl methyl sites for hydroxylation is 1. The Morgan fingerprint density at radius 3 is 2.90 bits per heavy atom. The van der Waals surface area contributed by atoms with Crippen molar-refractivity contribution in [2.24, 2.45) is 0 Å². The minimum absolute atomic E-state index is 0.0369. The number of carbonyl (C=O) groups is 1. The van der Waals surface area contributed by atoms with E-state index in [0.717, 1.165) is 53.1 Å². The average molecular weight is 410 g/mol. The van der Waals surface area contributed by atoms with E-state index in [1.807, 2.05) is 25.3 Å². The van der Waals surface area contributed by atoms with Crippen molar-refractivity contribution in [2.75, 3.05) is 20.1 Å². The number of hydrogen-bond acceptors (Lipinski definition) is 6. The SMILES string of the molecule is CCc1cc2ncc(CN3CC=C(c4cnc(C(=O)NC)s4)CC3)cc2[nH]c1=O. The highest BCUT2D eigenvalue weighted by Gasteiger charge is 2.17. The fourth-order valence-corrected chi connectivity index (χ4v) is 4.42. The lowest BCUT2D eigenvalue weighted by Gasteiger charge is -2.25. The van der Waals surface area contributed by atoms with Crippen LogP contribution in [0.25, 0.3) is 16.6 Å². The van der Waals surface area contributed by atoms with Crippen LogP contribution in [0.2, 0.25) is 0 Å². The molecule has 3 aromatic heterocycles. The molecule has 0 spiro atoms. The molecule has 150 valence electrons. The largest absolute Gasteiger partial charge is 0.353 e. The molecular formula is C21H23N5O2S. The molecule has 1 aliphatic heterocycles. The van der Waals surface area contributed by atoms with E-state index in [9.17, 15) is 9.59 Å². The van der Waals surface area contributed by atoms with Crippen LogP contribution in [-0.4, -0.2) is 45.9 Å². The van der Waals surface area contributed by atoms with Crippen LogP contribution in [0.5, 0.6) is 0 Å². The monoisotopic (exact) mass is 409 g/mol. The molecule has 0 saturated carbocycles. The fraction of sp³-hybridized carbons (Fsp3) is 0.333. The maximum atomic E-state index is 12.1. The maximum absolute atomic E-state index is 12.1. The lowest BCUT2D eigenvalue weighted by Crippen LogP contribution is -2.28. The molecular weight excluding hydrogens is 386 g/mol. The highest BCUT2D eigenvalue weighted by molar-refractivity contribution is 7.14. The zero-order valence-corrected chi connectivity index (χ0v) is 17.3. The second-order valence-corrected chi connectivity index (χ2v) is 8.11. The van der Waals surface area contributed by atoms with Gasteiger partial charge >= 0.3 is 0 Å². The standard InChI is InChI=1S/C21H23N5O2S/c1-3-14-9-16-17(25-19(14)27)8-13(10-23-16)12-26-6-4-15(5-7-26)18-11-24-21(29-18)20(28)22-2/h4,8-11H,3,5-7,12H2,1-2H3,(H,22,28)(H,25,27). The summed E-state index contributed by atoms with van der Waals surface area (Å²) in [6.45, 7) is 4.49. The van der Waals surface area contributed by atoms with E-state index in [1.165, 1.54) is 16.9 Å². The van der Waals surface area contributed by atoms with E-state index < -0.39 is 0 Å². The number of amides is 1. The van der Waals surface area contributed by atoms with E-state index in [4.69, 9.17) is 0 Å². The van der Waals surface area contributed by atoms with Gasteiger partial charge in [-0.3, -0.25) is 19.5 Å². The Morgan fingerprint density at radius 1 is 1.31 bits per heavy atom. The number of H-pyrrole nitrogens is 1. The van der Waals surface area contributed by atoms with E-state index in [-0.39, 0.29) is 11.5 Å². The number of carbonyl (C=O) groups excluding carboxylic acids is 1. The molecule has 4 heterocycles. The predicted molar refractivity (Wildman–Crippen MR) is 115 cm³/mol. The molecule has 0 aromatic carbocycles. The summed E-state index contributed by atoms with van der Waals surface area (Å²) in [6, 6.07) is 3.89. The van der Waals surface area contributed by atoms with Gasteiger partial charge in [0.05, 0.1) is 15.9 Å². The number of nitrogens with one attached hydrogen (secondary N) is 2. The summed E-state index contributed by atoms with van der Waals surface area (Å²) in [7, 11) is 1.61. The lowest BCUT2D eigenvalue weighted by molar-refractivity contribution is 0.0962. The lowest BCUT2D eigenvalue weighted by atomic mass is 10.1. The first kappa shape index (κ1) is 19.5. The molecule has 1 amide bonds. The normalized spacial score (nSPS) is 14.8. The molecule has 29 heavy (non-hydrogen) atoms. The molecule has 0 aliphatic carbocycles. The Morgan fingerprint density at radius 2 is 2.17 bits per heavy atom. The van der Waals surface area contributed by atoms with Crippen LogP contribution in [0.1, 0.15) is 39.2 Å². The fourth-order valence-electron chi connectivity index (χ4n) is 3.49. The summed E-state index contributed by atoms with van der Waals surface area (Å²) in [5, 5.41) is 3.10. The van der Waals surface area contributed by atoms with Gasteiger partial charge in [0.15, 0.2) is 5.01 Å². The quantitative estimate of drug-likeness (QED) is 0.676. The van der Waals surface area contributed by atoms with Crippen LogP contribution in [0.15, 0.2) is 35.4 Å². The Labute approximate surface area is 172 Å². The minimum atomic E-state index is -0.146. The smallest absolute Gasteiger partial charge is 0.280 e. The Hall–Kier alpha value is -2.84. The number of aromatic amines is 1. The highest BCUT2D eigenvalue weighted by atomic mass is 32.1. The van der Waals surface area contributed by atoms with Gasteiger partial charge in [0.1, 0.15) is 0 Å². The highest BCUT2D eigenvalue weighted by Crippen LogP contribution is 2.28. The van der Waals surface area contributed by atoms with Crippen LogP contribution in [0.3, 0.4) is 0 Å². The third-order valence-corrected chi connectivity index (χ3v) is 6.22. The minimum Gasteiger partial charge on any atom is -0.353 e. The molecule has 0 bridgehead atoms. The zero-order chi connectivity index (χ0) is 20.4. The summed E-state index contributed by atoms with van der Waals surface area (Å²) in [6.07, 6.45) is 7.48. The molecule has 0 radical (unpaired) electrons. The molecule has 2 N–H and O–H groups in total. The van der Waals surface area contributed by atoms with Crippen molar-refractivity contribution in [2.45, 2.75) is 26.3 Å². The summed E-state index contributed by atoms with van der Waals surface area (Å²) >= 11 is 1.43. The van der Waals surface area contributed by atoms with Gasteiger partial charge in [-0.25, -0.2) is 4.98 Å². The van der Waals surface area contributed by atoms with Crippen LogP contribution in [-0.2, 0) is 13.0 Å². The topological polar surface area (TPSA) is 91.0 Å². The van der Waals surface area contributed by atoms with Gasteiger partial charge in [-0.05, 0) is 36.1 Å². The van der Waals surface area contributed by atoms with Gasteiger partial charge in [-0.1, -0.05) is 13.0 Å². The van der Waals surface area contributed by atoms with Crippen molar-refractivity contribution < 1.29 is 4.79 Å². The summed E-state index contributed by atoms with van der Waals surface area (Å²) in [5.74, 6) is -0.146. The number of aromatic nitrogens is 3. The first-order chi connectivity index (χ1) is 14.1. The Kier molecular flexibility index (Phi) is 5.55. The van der Waals surface area contributed by atoms with Crippen molar-refractivity contribution in [3.05, 3.63) is 62.0 Å². The molecule has 3 aromatic rings. The Balaban J connectivity index is 1.45. The van der Waals surface area contributed by atoms with Crippen LogP contribution in [0.4, 0.5) is 0 Å². The van der Waals surface area contributed by atoms with Gasteiger partial charge in [0.25, 0.3) is 11.5 Å². The third kappa shape index (κ3) is 4.13. The number of rotatable bonds is 5. The molecule has 0 saturated heterocycles. The molecule has 8 heteroatoms.